The zero-order chi connectivity index (χ0) is 15.9. The van der Waals surface area contributed by atoms with Crippen molar-refractivity contribution in [2.45, 2.75) is 6.92 Å². The van der Waals surface area contributed by atoms with Crippen LogP contribution < -0.4 is 10.2 Å². The molecule has 6 heteroatoms. The van der Waals surface area contributed by atoms with E-state index in [0.717, 1.165) is 10.0 Å². The van der Waals surface area contributed by atoms with Gasteiger partial charge in [0.25, 0.3) is 5.91 Å². The number of hydrazone groups is 1. The van der Waals surface area contributed by atoms with Gasteiger partial charge in [0.15, 0.2) is 0 Å². The third-order valence-electron chi connectivity index (χ3n) is 2.75. The quantitative estimate of drug-likeness (QED) is 0.621. The number of benzene rings is 2. The minimum absolute atomic E-state index is 0.305. The first kappa shape index (κ1) is 16.5. The Morgan fingerprint density at radius 3 is 2.73 bits per heavy atom. The maximum Gasteiger partial charge on any atom is 0.271 e. The Bertz CT molecular complexity index is 687. The van der Waals surface area contributed by atoms with Crippen LogP contribution in [0.4, 0.5) is 0 Å². The second-order valence-corrected chi connectivity index (χ2v) is 5.67. The maximum absolute atomic E-state index is 11.9. The summed E-state index contributed by atoms with van der Waals surface area (Å²) < 4.78 is 6.41. The second-order valence-electron chi connectivity index (χ2n) is 4.32. The van der Waals surface area contributed by atoms with E-state index in [1.807, 2.05) is 25.1 Å². The molecular weight excluding hydrogens is 368 g/mol. The van der Waals surface area contributed by atoms with E-state index in [0.29, 0.717) is 22.9 Å². The summed E-state index contributed by atoms with van der Waals surface area (Å²) in [7, 11) is 0. The monoisotopic (exact) mass is 380 g/mol. The number of hydrogen-bond acceptors (Lipinski definition) is 3. The van der Waals surface area contributed by atoms with Crippen LogP contribution in [0.15, 0.2) is 52.0 Å². The highest BCUT2D eigenvalue weighted by atomic mass is 79.9. The van der Waals surface area contributed by atoms with E-state index in [-0.39, 0.29) is 5.91 Å². The van der Waals surface area contributed by atoms with Crippen molar-refractivity contribution in [3.8, 4) is 5.75 Å². The number of amides is 1. The zero-order valence-corrected chi connectivity index (χ0v) is 14.2. The van der Waals surface area contributed by atoms with Crippen molar-refractivity contribution in [3.05, 3.63) is 63.1 Å². The van der Waals surface area contributed by atoms with Crippen molar-refractivity contribution < 1.29 is 9.53 Å². The van der Waals surface area contributed by atoms with Gasteiger partial charge in [-0.3, -0.25) is 4.79 Å². The van der Waals surface area contributed by atoms with E-state index in [9.17, 15) is 4.79 Å². The fraction of sp³-hybridized carbons (Fsp3) is 0.125. The SMILES string of the molecule is CCOc1ccc(Br)cc1/C=N\NC(=O)c1ccc(Cl)cc1. The molecule has 0 unspecified atom stereocenters. The van der Waals surface area contributed by atoms with Gasteiger partial charge in [-0.25, -0.2) is 5.43 Å². The molecular formula is C16H14BrClN2O2. The van der Waals surface area contributed by atoms with Crippen LogP contribution in [0.2, 0.25) is 5.02 Å². The van der Waals surface area contributed by atoms with Gasteiger partial charge in [0.1, 0.15) is 5.75 Å². The summed E-state index contributed by atoms with van der Waals surface area (Å²) in [6.07, 6.45) is 1.55. The fourth-order valence-electron chi connectivity index (χ4n) is 1.73. The van der Waals surface area contributed by atoms with E-state index in [1.54, 1.807) is 30.5 Å². The maximum atomic E-state index is 11.9. The second kappa shape index (κ2) is 7.96. The highest BCUT2D eigenvalue weighted by molar-refractivity contribution is 9.10. The minimum atomic E-state index is -0.305. The van der Waals surface area contributed by atoms with E-state index >= 15 is 0 Å². The van der Waals surface area contributed by atoms with Gasteiger partial charge in [-0.15, -0.1) is 0 Å². The minimum Gasteiger partial charge on any atom is -0.493 e. The zero-order valence-electron chi connectivity index (χ0n) is 11.8. The lowest BCUT2D eigenvalue weighted by Crippen LogP contribution is -2.17. The first-order valence-electron chi connectivity index (χ1n) is 6.61. The summed E-state index contributed by atoms with van der Waals surface area (Å²) in [6, 6.07) is 12.2. The average Bonchev–Trinajstić information content (AvgIpc) is 2.50. The lowest BCUT2D eigenvalue weighted by atomic mass is 10.2. The van der Waals surface area contributed by atoms with Crippen molar-refractivity contribution in [1.82, 2.24) is 5.43 Å². The van der Waals surface area contributed by atoms with Gasteiger partial charge in [-0.1, -0.05) is 27.5 Å². The molecule has 114 valence electrons. The van der Waals surface area contributed by atoms with Gasteiger partial charge in [-0.05, 0) is 49.4 Å². The molecule has 0 aliphatic carbocycles. The normalized spacial score (nSPS) is 10.7. The third-order valence-corrected chi connectivity index (χ3v) is 3.49. The molecule has 2 aromatic rings. The molecule has 22 heavy (non-hydrogen) atoms. The Morgan fingerprint density at radius 2 is 2.05 bits per heavy atom. The summed E-state index contributed by atoms with van der Waals surface area (Å²) >= 11 is 9.18. The van der Waals surface area contributed by atoms with Gasteiger partial charge in [-0.2, -0.15) is 5.10 Å². The molecule has 0 aliphatic heterocycles. The summed E-state index contributed by atoms with van der Waals surface area (Å²) in [6.45, 7) is 2.46. The number of halogens is 2. The first-order chi connectivity index (χ1) is 10.6. The van der Waals surface area contributed by atoms with E-state index in [1.165, 1.54) is 0 Å². The molecule has 0 aromatic heterocycles. The highest BCUT2D eigenvalue weighted by Gasteiger charge is 2.05. The van der Waals surface area contributed by atoms with Gasteiger partial charge in [0.2, 0.25) is 0 Å². The fourth-order valence-corrected chi connectivity index (χ4v) is 2.24. The molecule has 0 atom stereocenters. The highest BCUT2D eigenvalue weighted by Crippen LogP contribution is 2.21. The first-order valence-corrected chi connectivity index (χ1v) is 7.78. The van der Waals surface area contributed by atoms with Crippen LogP contribution in [0.25, 0.3) is 0 Å². The number of hydrogen-bond donors (Lipinski definition) is 1. The third kappa shape index (κ3) is 4.58. The standard InChI is InChI=1S/C16H14BrClN2O2/c1-2-22-15-8-5-13(17)9-12(15)10-19-20-16(21)11-3-6-14(18)7-4-11/h3-10H,2H2,1H3,(H,20,21)/b19-10-. The topological polar surface area (TPSA) is 50.7 Å². The molecule has 1 amide bonds. The molecule has 4 nitrogen and oxygen atoms in total. The smallest absolute Gasteiger partial charge is 0.271 e. The van der Waals surface area contributed by atoms with Crippen molar-refractivity contribution >= 4 is 39.7 Å². The molecule has 0 saturated heterocycles. The molecule has 2 aromatic carbocycles. The van der Waals surface area contributed by atoms with Gasteiger partial charge < -0.3 is 4.74 Å². The number of nitrogens with zero attached hydrogens (tertiary/aromatic N) is 1. The Balaban J connectivity index is 2.07. The number of carbonyl (C=O) groups is 1. The van der Waals surface area contributed by atoms with Crippen LogP contribution >= 0.6 is 27.5 Å². The summed E-state index contributed by atoms with van der Waals surface area (Å²) in [5.41, 5.74) is 3.73. The van der Waals surface area contributed by atoms with E-state index in [2.05, 4.69) is 26.5 Å². The van der Waals surface area contributed by atoms with Crippen LogP contribution in [0.5, 0.6) is 5.75 Å². The van der Waals surface area contributed by atoms with Crippen molar-refractivity contribution in [3.63, 3.8) is 0 Å². The van der Waals surface area contributed by atoms with Crippen molar-refractivity contribution in [2.24, 2.45) is 5.10 Å². The van der Waals surface area contributed by atoms with Gasteiger partial charge >= 0.3 is 0 Å². The molecule has 0 bridgehead atoms. The van der Waals surface area contributed by atoms with Gasteiger partial charge in [0.05, 0.1) is 12.8 Å². The molecule has 0 saturated carbocycles. The number of ether oxygens (including phenoxy) is 1. The lowest BCUT2D eigenvalue weighted by molar-refractivity contribution is 0.0955. The largest absolute Gasteiger partial charge is 0.493 e. The summed E-state index contributed by atoms with van der Waals surface area (Å²) in [5.74, 6) is 0.399. The average molecular weight is 382 g/mol. The van der Waals surface area contributed by atoms with E-state index < -0.39 is 0 Å². The Labute approximate surface area is 142 Å². The van der Waals surface area contributed by atoms with E-state index in [4.69, 9.17) is 16.3 Å². The molecule has 2 rings (SSSR count). The Morgan fingerprint density at radius 1 is 1.32 bits per heavy atom. The number of nitrogens with one attached hydrogen (secondary N) is 1. The Kier molecular flexibility index (Phi) is 5.98. The van der Waals surface area contributed by atoms with Gasteiger partial charge in [0, 0.05) is 20.6 Å². The molecule has 0 radical (unpaired) electrons. The van der Waals surface area contributed by atoms with Crippen LogP contribution in [-0.4, -0.2) is 18.7 Å². The number of rotatable bonds is 5. The summed E-state index contributed by atoms with van der Waals surface area (Å²) in [4.78, 5) is 11.9. The van der Waals surface area contributed by atoms with Crippen LogP contribution in [0.1, 0.15) is 22.8 Å². The predicted octanol–water partition coefficient (Wildman–Crippen LogP) is 4.27. The molecule has 0 spiro atoms. The predicted molar refractivity (Wildman–Crippen MR) is 91.8 cm³/mol. The van der Waals surface area contributed by atoms with Crippen LogP contribution in [0.3, 0.4) is 0 Å². The van der Waals surface area contributed by atoms with Crippen LogP contribution in [-0.2, 0) is 0 Å². The summed E-state index contributed by atoms with van der Waals surface area (Å²) in [5, 5.41) is 4.55. The molecule has 0 heterocycles. The van der Waals surface area contributed by atoms with Crippen molar-refractivity contribution in [1.29, 1.82) is 0 Å². The molecule has 0 fully saturated rings. The number of carbonyl (C=O) groups excluding carboxylic acids is 1. The Hall–Kier alpha value is -1.85. The van der Waals surface area contributed by atoms with Crippen molar-refractivity contribution in [2.75, 3.05) is 6.61 Å². The molecule has 1 N–H and O–H groups in total. The van der Waals surface area contributed by atoms with Crippen LogP contribution in [0, 0.1) is 0 Å². The lowest BCUT2D eigenvalue weighted by Gasteiger charge is -2.07. The molecule has 0 aliphatic rings.